The van der Waals surface area contributed by atoms with Gasteiger partial charge in [0.25, 0.3) is 5.91 Å². The van der Waals surface area contributed by atoms with Crippen molar-refractivity contribution < 1.29 is 4.79 Å². The van der Waals surface area contributed by atoms with E-state index < -0.39 is 0 Å². The van der Waals surface area contributed by atoms with Crippen molar-refractivity contribution in [2.75, 3.05) is 0 Å². The SMILES string of the molecule is Cc1cc(CNC(=O)c2n[nH]c(Br)c2Br)n(C)n1. The molecule has 0 bridgehead atoms. The summed E-state index contributed by atoms with van der Waals surface area (Å²) in [6.45, 7) is 2.32. The lowest BCUT2D eigenvalue weighted by molar-refractivity contribution is 0.0944. The molecule has 0 aliphatic rings. The summed E-state index contributed by atoms with van der Waals surface area (Å²) < 4.78 is 3.00. The Kier molecular flexibility index (Phi) is 3.86. The molecule has 2 N–H and O–H groups in total. The highest BCUT2D eigenvalue weighted by molar-refractivity contribution is 9.13. The van der Waals surface area contributed by atoms with Gasteiger partial charge < -0.3 is 5.32 Å². The summed E-state index contributed by atoms with van der Waals surface area (Å²) in [5.41, 5.74) is 2.18. The molecule has 18 heavy (non-hydrogen) atoms. The van der Waals surface area contributed by atoms with Crippen LogP contribution in [-0.2, 0) is 13.6 Å². The molecule has 0 aliphatic heterocycles. The van der Waals surface area contributed by atoms with Gasteiger partial charge in [-0.05, 0) is 44.8 Å². The Morgan fingerprint density at radius 2 is 2.28 bits per heavy atom. The fourth-order valence-corrected chi connectivity index (χ4v) is 2.18. The van der Waals surface area contributed by atoms with Crippen molar-refractivity contribution in [3.05, 3.63) is 32.2 Å². The third kappa shape index (κ3) is 2.64. The lowest BCUT2D eigenvalue weighted by atomic mass is 10.3. The number of aromatic amines is 1. The number of aromatic nitrogens is 4. The second-order valence-corrected chi connectivity index (χ2v) is 5.37. The van der Waals surface area contributed by atoms with Crippen molar-refractivity contribution in [2.24, 2.45) is 7.05 Å². The van der Waals surface area contributed by atoms with E-state index in [9.17, 15) is 4.79 Å². The normalized spacial score (nSPS) is 10.7. The highest BCUT2D eigenvalue weighted by Crippen LogP contribution is 2.23. The number of carbonyl (C=O) groups is 1. The topological polar surface area (TPSA) is 75.6 Å². The fraction of sp³-hybridized carbons (Fsp3) is 0.300. The van der Waals surface area contributed by atoms with Crippen molar-refractivity contribution >= 4 is 37.8 Å². The minimum absolute atomic E-state index is 0.248. The molecule has 2 aromatic heterocycles. The lowest BCUT2D eigenvalue weighted by Crippen LogP contribution is -2.24. The van der Waals surface area contributed by atoms with E-state index in [1.54, 1.807) is 4.68 Å². The molecular formula is C10H11Br2N5O. The summed E-state index contributed by atoms with van der Waals surface area (Å²) >= 11 is 6.51. The number of carbonyl (C=O) groups excluding carboxylic acids is 1. The first-order chi connectivity index (χ1) is 8.49. The zero-order valence-electron chi connectivity index (χ0n) is 9.79. The highest BCUT2D eigenvalue weighted by Gasteiger charge is 2.16. The number of hydrogen-bond donors (Lipinski definition) is 2. The van der Waals surface area contributed by atoms with Crippen molar-refractivity contribution in [3.63, 3.8) is 0 Å². The van der Waals surface area contributed by atoms with Gasteiger partial charge in [-0.1, -0.05) is 0 Å². The summed E-state index contributed by atoms with van der Waals surface area (Å²) in [6.07, 6.45) is 0. The summed E-state index contributed by atoms with van der Waals surface area (Å²) in [6, 6.07) is 1.93. The standard InChI is InChI=1S/C10H11Br2N5O/c1-5-3-6(17(2)16-5)4-13-10(18)8-7(11)9(12)15-14-8/h3H,4H2,1-2H3,(H,13,18)(H,14,15). The smallest absolute Gasteiger partial charge is 0.273 e. The monoisotopic (exact) mass is 375 g/mol. The highest BCUT2D eigenvalue weighted by atomic mass is 79.9. The van der Waals surface area contributed by atoms with Crippen LogP contribution in [0.3, 0.4) is 0 Å². The van der Waals surface area contributed by atoms with Crippen LogP contribution in [0.15, 0.2) is 15.1 Å². The predicted molar refractivity (Wildman–Crippen MR) is 73.1 cm³/mol. The van der Waals surface area contributed by atoms with Gasteiger partial charge in [0.1, 0.15) is 4.60 Å². The largest absolute Gasteiger partial charge is 0.345 e. The molecule has 8 heteroatoms. The molecule has 0 saturated heterocycles. The third-order valence-corrected chi connectivity index (χ3v) is 4.29. The zero-order chi connectivity index (χ0) is 13.3. The number of halogens is 2. The van der Waals surface area contributed by atoms with Crippen molar-refractivity contribution in [2.45, 2.75) is 13.5 Å². The second-order valence-electron chi connectivity index (χ2n) is 3.78. The lowest BCUT2D eigenvalue weighted by Gasteiger charge is -2.03. The Bertz CT molecular complexity index is 589. The Hall–Kier alpha value is -1.15. The number of hydrogen-bond acceptors (Lipinski definition) is 3. The quantitative estimate of drug-likeness (QED) is 0.858. The summed E-state index contributed by atoms with van der Waals surface area (Å²) in [4.78, 5) is 11.9. The molecule has 0 radical (unpaired) electrons. The van der Waals surface area contributed by atoms with E-state index >= 15 is 0 Å². The Morgan fingerprint density at radius 1 is 1.56 bits per heavy atom. The molecule has 0 atom stereocenters. The molecule has 0 spiro atoms. The van der Waals surface area contributed by atoms with E-state index in [1.165, 1.54) is 0 Å². The number of rotatable bonds is 3. The molecule has 0 aliphatic carbocycles. The van der Waals surface area contributed by atoms with Gasteiger partial charge in [0.15, 0.2) is 5.69 Å². The van der Waals surface area contributed by atoms with Gasteiger partial charge in [0.2, 0.25) is 0 Å². The molecule has 2 aromatic rings. The molecule has 1 amide bonds. The fourth-order valence-electron chi connectivity index (χ4n) is 1.54. The molecule has 96 valence electrons. The predicted octanol–water partition coefficient (Wildman–Crippen LogP) is 1.91. The van der Waals surface area contributed by atoms with Crippen LogP contribution in [0, 0.1) is 6.92 Å². The van der Waals surface area contributed by atoms with Crippen LogP contribution in [0.5, 0.6) is 0 Å². The minimum atomic E-state index is -0.248. The average molecular weight is 377 g/mol. The van der Waals surface area contributed by atoms with Crippen LogP contribution in [0.4, 0.5) is 0 Å². The first-order valence-electron chi connectivity index (χ1n) is 5.16. The van der Waals surface area contributed by atoms with Gasteiger partial charge >= 0.3 is 0 Å². The summed E-state index contributed by atoms with van der Waals surface area (Å²) in [5, 5.41) is 13.6. The van der Waals surface area contributed by atoms with E-state index in [0.717, 1.165) is 11.4 Å². The van der Waals surface area contributed by atoms with Gasteiger partial charge in [-0.2, -0.15) is 10.2 Å². The van der Waals surface area contributed by atoms with Crippen LogP contribution in [0.1, 0.15) is 21.9 Å². The Labute approximate surface area is 120 Å². The van der Waals surface area contributed by atoms with Crippen molar-refractivity contribution in [1.29, 1.82) is 0 Å². The maximum atomic E-state index is 11.9. The molecule has 0 unspecified atom stereocenters. The number of H-pyrrole nitrogens is 1. The van der Waals surface area contributed by atoms with E-state index in [2.05, 4.69) is 52.5 Å². The van der Waals surface area contributed by atoms with E-state index in [-0.39, 0.29) is 5.91 Å². The van der Waals surface area contributed by atoms with Gasteiger partial charge in [0.05, 0.1) is 22.4 Å². The third-order valence-electron chi connectivity index (χ3n) is 2.41. The molecule has 0 fully saturated rings. The van der Waals surface area contributed by atoms with Crippen LogP contribution < -0.4 is 5.32 Å². The minimum Gasteiger partial charge on any atom is -0.345 e. The molecule has 0 saturated carbocycles. The maximum absolute atomic E-state index is 11.9. The molecule has 6 nitrogen and oxygen atoms in total. The van der Waals surface area contributed by atoms with E-state index in [1.807, 2.05) is 20.0 Å². The van der Waals surface area contributed by atoms with Crippen LogP contribution in [0.25, 0.3) is 0 Å². The number of nitrogens with one attached hydrogen (secondary N) is 2. The summed E-state index contributed by atoms with van der Waals surface area (Å²) in [7, 11) is 1.84. The first kappa shape index (κ1) is 13.3. The molecule has 0 aromatic carbocycles. The van der Waals surface area contributed by atoms with Crippen molar-refractivity contribution in [1.82, 2.24) is 25.3 Å². The van der Waals surface area contributed by atoms with Crippen LogP contribution >= 0.6 is 31.9 Å². The Morgan fingerprint density at radius 3 is 2.78 bits per heavy atom. The maximum Gasteiger partial charge on any atom is 0.273 e. The Balaban J connectivity index is 2.05. The first-order valence-corrected chi connectivity index (χ1v) is 6.74. The number of amides is 1. The van der Waals surface area contributed by atoms with Crippen LogP contribution in [-0.4, -0.2) is 25.9 Å². The van der Waals surface area contributed by atoms with Crippen molar-refractivity contribution in [3.8, 4) is 0 Å². The molecule has 2 rings (SSSR count). The van der Waals surface area contributed by atoms with Crippen LogP contribution in [0.2, 0.25) is 0 Å². The van der Waals surface area contributed by atoms with Gasteiger partial charge in [-0.15, -0.1) is 0 Å². The number of nitrogens with zero attached hydrogens (tertiary/aromatic N) is 3. The molecular weight excluding hydrogens is 366 g/mol. The average Bonchev–Trinajstić information content (AvgIpc) is 2.80. The summed E-state index contributed by atoms with van der Waals surface area (Å²) in [5.74, 6) is -0.248. The zero-order valence-corrected chi connectivity index (χ0v) is 13.0. The van der Waals surface area contributed by atoms with Gasteiger partial charge in [-0.3, -0.25) is 14.6 Å². The van der Waals surface area contributed by atoms with Gasteiger partial charge in [0, 0.05) is 7.05 Å². The van der Waals surface area contributed by atoms with E-state index in [0.29, 0.717) is 21.3 Å². The van der Waals surface area contributed by atoms with E-state index in [4.69, 9.17) is 0 Å². The van der Waals surface area contributed by atoms with Gasteiger partial charge in [-0.25, -0.2) is 0 Å². The second kappa shape index (κ2) is 5.23. The molecule has 2 heterocycles. The number of aryl methyl sites for hydroxylation is 2.